The van der Waals surface area contributed by atoms with Crippen LogP contribution in [0.5, 0.6) is 5.75 Å². The Morgan fingerprint density at radius 3 is 2.56 bits per heavy atom. The van der Waals surface area contributed by atoms with Crippen molar-refractivity contribution in [2.45, 2.75) is 43.8 Å². The molecule has 4 aliphatic heterocycles. The fourth-order valence-electron chi connectivity index (χ4n) is 6.37. The number of carbonyl (C=O) groups is 2. The zero-order valence-corrected chi connectivity index (χ0v) is 26.4. The lowest BCUT2D eigenvalue weighted by atomic mass is 10.0. The minimum atomic E-state index is -1.49. The molecule has 1 aromatic heterocycles. The Labute approximate surface area is 276 Å². The lowest BCUT2D eigenvalue weighted by Crippen LogP contribution is -2.56. The molecule has 2 amide bonds. The fraction of sp³-hybridized carbons (Fsp3) is 0.455. The summed E-state index contributed by atoms with van der Waals surface area (Å²) in [5.41, 5.74) is 2.76. The molecule has 2 N–H and O–H groups in total. The number of piperidine rings is 1. The van der Waals surface area contributed by atoms with E-state index in [0.717, 1.165) is 50.8 Å². The van der Waals surface area contributed by atoms with Crippen molar-refractivity contribution in [1.29, 1.82) is 5.26 Å². The van der Waals surface area contributed by atoms with E-state index in [1.165, 1.54) is 11.2 Å². The second kappa shape index (κ2) is 13.6. The van der Waals surface area contributed by atoms with Crippen molar-refractivity contribution >= 4 is 29.3 Å². The maximum absolute atomic E-state index is 15.2. The number of aromatic nitrogens is 3. The second-order valence-corrected chi connectivity index (χ2v) is 12.3. The van der Waals surface area contributed by atoms with Gasteiger partial charge in [-0.3, -0.25) is 9.69 Å². The second-order valence-electron chi connectivity index (χ2n) is 12.3. The van der Waals surface area contributed by atoms with E-state index in [9.17, 15) is 14.9 Å². The molecule has 0 saturated carbocycles. The summed E-state index contributed by atoms with van der Waals surface area (Å²) in [5, 5.41) is 15.6. The van der Waals surface area contributed by atoms with E-state index in [4.69, 9.17) is 14.2 Å². The van der Waals surface area contributed by atoms with Crippen molar-refractivity contribution in [3.05, 3.63) is 54.4 Å². The van der Waals surface area contributed by atoms with Crippen molar-refractivity contribution in [3.8, 4) is 23.2 Å². The Morgan fingerprint density at radius 2 is 1.90 bits per heavy atom. The number of piperazine rings is 1. The average Bonchev–Trinajstić information content (AvgIpc) is 3.42. The first-order valence-corrected chi connectivity index (χ1v) is 16.1. The van der Waals surface area contributed by atoms with Crippen LogP contribution in [-0.2, 0) is 14.3 Å². The van der Waals surface area contributed by atoms with Gasteiger partial charge in [0.15, 0.2) is 12.0 Å². The van der Waals surface area contributed by atoms with Gasteiger partial charge >= 0.3 is 6.09 Å². The van der Waals surface area contributed by atoms with Crippen molar-refractivity contribution in [3.63, 3.8) is 0 Å². The first kappa shape index (κ1) is 31.5. The van der Waals surface area contributed by atoms with Crippen LogP contribution in [0.3, 0.4) is 0 Å². The predicted molar refractivity (Wildman–Crippen MR) is 171 cm³/mol. The highest BCUT2D eigenvalue weighted by Crippen LogP contribution is 2.29. The fourth-order valence-corrected chi connectivity index (χ4v) is 6.37. The Balaban J connectivity index is 0.956. The molecule has 14 nitrogen and oxygen atoms in total. The summed E-state index contributed by atoms with van der Waals surface area (Å²) >= 11 is 0. The number of hydrogen-bond acceptors (Lipinski definition) is 12. The van der Waals surface area contributed by atoms with Crippen LogP contribution in [0.1, 0.15) is 18.9 Å². The van der Waals surface area contributed by atoms with Gasteiger partial charge in [0.1, 0.15) is 36.4 Å². The smallest absolute Gasteiger partial charge is 0.408 e. The minimum Gasteiger partial charge on any atom is -0.486 e. The van der Waals surface area contributed by atoms with E-state index in [0.29, 0.717) is 23.4 Å². The van der Waals surface area contributed by atoms with E-state index >= 15 is 4.39 Å². The average molecular weight is 658 g/mol. The number of rotatable bonds is 8. The van der Waals surface area contributed by atoms with Gasteiger partial charge in [0, 0.05) is 56.1 Å². The zero-order chi connectivity index (χ0) is 33.2. The highest BCUT2D eigenvalue weighted by Gasteiger charge is 2.42. The van der Waals surface area contributed by atoms with Crippen LogP contribution in [0.2, 0.25) is 0 Å². The Hall–Kier alpha value is -5.07. The summed E-state index contributed by atoms with van der Waals surface area (Å²) in [4.78, 5) is 43.7. The number of anilines is 3. The largest absolute Gasteiger partial charge is 0.486 e. The molecule has 250 valence electrons. The van der Waals surface area contributed by atoms with Crippen molar-refractivity contribution in [1.82, 2.24) is 30.1 Å². The van der Waals surface area contributed by atoms with Gasteiger partial charge in [-0.2, -0.15) is 10.2 Å². The Bertz CT molecular complexity index is 1690. The maximum atomic E-state index is 15.2. The van der Waals surface area contributed by atoms with E-state index in [-0.39, 0.29) is 30.8 Å². The third-order valence-corrected chi connectivity index (χ3v) is 9.24. The van der Waals surface area contributed by atoms with Crippen LogP contribution in [0.4, 0.5) is 26.5 Å². The molecule has 4 aliphatic rings. The molecular formula is C33H36FN9O5. The third-order valence-electron chi connectivity index (χ3n) is 9.24. The van der Waals surface area contributed by atoms with Crippen molar-refractivity contribution < 1.29 is 28.2 Å². The van der Waals surface area contributed by atoms with Crippen LogP contribution < -0.4 is 20.3 Å². The van der Waals surface area contributed by atoms with E-state index < -0.39 is 36.4 Å². The number of ether oxygens (including phenoxy) is 3. The van der Waals surface area contributed by atoms with Crippen molar-refractivity contribution in [2.24, 2.45) is 0 Å². The van der Waals surface area contributed by atoms with Crippen molar-refractivity contribution in [2.75, 3.05) is 62.7 Å². The molecule has 2 aromatic carbocycles. The SMILES string of the molecule is C[C@H]1OC(=O)NC1C(=O)N1CC[C@H](Oc2ccc(-c3ncnc(Nc4ccc(N5CCN(C6COC6)CC5)cc4)n3)cc2C#N)[C@H](F)C1. The van der Waals surface area contributed by atoms with Crippen LogP contribution >= 0.6 is 0 Å². The van der Waals surface area contributed by atoms with E-state index in [1.54, 1.807) is 25.1 Å². The van der Waals surface area contributed by atoms with Gasteiger partial charge in [-0.05, 0) is 49.4 Å². The standard InChI is InChI=1S/C33H36FN9O5/c1-20-29(39-33(45)47-20)31(44)43-9-8-28(26(34)16-43)48-27-7-2-21(14-22(27)15-35)30-36-19-37-32(40-30)38-23-3-5-24(6-4-23)41-10-12-42(13-11-41)25-17-46-18-25/h2-7,14,19-20,25-26,28-29H,8-13,16-18H2,1H3,(H,39,45)(H,36,37,38,40)/t20-,26-,28+,29?/m1/s1. The number of alkyl halides is 1. The van der Waals surface area contributed by atoms with E-state index in [2.05, 4.69) is 53.6 Å². The molecule has 0 spiro atoms. The maximum Gasteiger partial charge on any atom is 0.408 e. The summed E-state index contributed by atoms with van der Waals surface area (Å²) in [7, 11) is 0. The molecule has 4 saturated heterocycles. The molecule has 1 unspecified atom stereocenters. The number of halogens is 1. The number of likely N-dealkylation sites (tertiary alicyclic amines) is 1. The van der Waals surface area contributed by atoms with Gasteiger partial charge in [-0.25, -0.2) is 19.2 Å². The molecule has 0 radical (unpaired) electrons. The lowest BCUT2D eigenvalue weighted by Gasteiger charge is -2.43. The first-order chi connectivity index (χ1) is 23.3. The number of alkyl carbamates (subject to hydrolysis) is 1. The number of carbonyl (C=O) groups excluding carboxylic acids is 2. The molecule has 4 fully saturated rings. The molecule has 5 heterocycles. The number of hydrogen-bond donors (Lipinski definition) is 2. The summed E-state index contributed by atoms with van der Waals surface area (Å²) < 4.78 is 31.5. The van der Waals surface area contributed by atoms with Gasteiger partial charge < -0.3 is 34.6 Å². The number of nitrogens with zero attached hydrogens (tertiary/aromatic N) is 7. The highest BCUT2D eigenvalue weighted by molar-refractivity contribution is 5.88. The molecule has 15 heteroatoms. The predicted octanol–water partition coefficient (Wildman–Crippen LogP) is 2.49. The molecule has 4 atom stereocenters. The van der Waals surface area contributed by atoms with E-state index in [1.807, 2.05) is 12.1 Å². The molecule has 0 bridgehead atoms. The number of nitriles is 1. The molecule has 3 aromatic rings. The summed E-state index contributed by atoms with van der Waals surface area (Å²) in [6.45, 7) is 7.33. The number of nitrogens with one attached hydrogen (secondary N) is 2. The third kappa shape index (κ3) is 6.67. The zero-order valence-electron chi connectivity index (χ0n) is 26.4. The Kier molecular flexibility index (Phi) is 8.92. The highest BCUT2D eigenvalue weighted by atomic mass is 19.1. The molecular weight excluding hydrogens is 621 g/mol. The van der Waals surface area contributed by atoms with Crippen LogP contribution in [0.15, 0.2) is 48.8 Å². The molecule has 48 heavy (non-hydrogen) atoms. The quantitative estimate of drug-likeness (QED) is 0.365. The molecule has 0 aliphatic carbocycles. The lowest BCUT2D eigenvalue weighted by molar-refractivity contribution is -0.138. The Morgan fingerprint density at radius 1 is 1.10 bits per heavy atom. The van der Waals surface area contributed by atoms with Crippen LogP contribution in [0, 0.1) is 11.3 Å². The van der Waals surface area contributed by atoms with Gasteiger partial charge in [0.2, 0.25) is 11.9 Å². The minimum absolute atomic E-state index is 0.195. The number of benzene rings is 2. The van der Waals surface area contributed by atoms with Gasteiger partial charge in [-0.1, -0.05) is 0 Å². The summed E-state index contributed by atoms with van der Waals surface area (Å²) in [5.74, 6) is 0.533. The van der Waals surface area contributed by atoms with Crippen LogP contribution in [-0.4, -0.2) is 120 Å². The van der Waals surface area contributed by atoms with Gasteiger partial charge in [-0.15, -0.1) is 0 Å². The van der Waals surface area contributed by atoms with Crippen LogP contribution in [0.25, 0.3) is 11.4 Å². The van der Waals surface area contributed by atoms with Gasteiger partial charge in [0.05, 0.1) is 31.4 Å². The van der Waals surface area contributed by atoms with Gasteiger partial charge in [0.25, 0.3) is 0 Å². The molecule has 7 rings (SSSR count). The monoisotopic (exact) mass is 657 g/mol. The number of amides is 2. The summed E-state index contributed by atoms with van der Waals surface area (Å²) in [6.07, 6.45) is -2.04. The summed E-state index contributed by atoms with van der Waals surface area (Å²) in [6, 6.07) is 14.9. The first-order valence-electron chi connectivity index (χ1n) is 16.1. The number of cyclic esters (lactones) is 1. The normalized spacial score (nSPS) is 24.6. The topological polar surface area (TPSA) is 158 Å².